The number of carbonyl (C=O) groups is 1. The van der Waals surface area contributed by atoms with Gasteiger partial charge in [0.15, 0.2) is 0 Å². The minimum Gasteiger partial charge on any atom is -0.373 e. The van der Waals surface area contributed by atoms with Crippen molar-refractivity contribution < 1.29 is 9.18 Å². The van der Waals surface area contributed by atoms with Gasteiger partial charge >= 0.3 is 0 Å². The van der Waals surface area contributed by atoms with E-state index in [1.54, 1.807) is 6.07 Å². The molecule has 2 fully saturated rings. The average molecular weight is 394 g/mol. The van der Waals surface area contributed by atoms with Gasteiger partial charge in [-0.2, -0.15) is 0 Å². The van der Waals surface area contributed by atoms with E-state index in [0.29, 0.717) is 23.9 Å². The number of carbonyl (C=O) groups excluding carboxylic acids is 1. The van der Waals surface area contributed by atoms with E-state index in [4.69, 9.17) is 0 Å². The smallest absolute Gasteiger partial charge is 0.247 e. The van der Waals surface area contributed by atoms with Crippen molar-refractivity contribution >= 4 is 17.3 Å². The largest absolute Gasteiger partial charge is 0.373 e. The molecule has 3 unspecified atom stereocenters. The highest BCUT2D eigenvalue weighted by Gasteiger charge is 2.35. The summed E-state index contributed by atoms with van der Waals surface area (Å²) in [7, 11) is 0. The van der Waals surface area contributed by atoms with Gasteiger partial charge in [0, 0.05) is 48.4 Å². The Morgan fingerprint density at radius 3 is 3.00 bits per heavy atom. The summed E-state index contributed by atoms with van der Waals surface area (Å²) in [5.74, 6) is 0.119. The zero-order valence-corrected chi connectivity index (χ0v) is 16.7. The van der Waals surface area contributed by atoms with Gasteiger partial charge in [0.1, 0.15) is 11.9 Å². The number of amides is 1. The summed E-state index contributed by atoms with van der Waals surface area (Å²) < 4.78 is 14.1. The fraction of sp³-hybridized carbons (Fsp3) is 0.435. The number of nitrogens with one attached hydrogen (secondary N) is 3. The van der Waals surface area contributed by atoms with Crippen molar-refractivity contribution in [2.45, 2.75) is 50.6 Å². The van der Waals surface area contributed by atoms with Crippen LogP contribution in [0.1, 0.15) is 41.9 Å². The highest BCUT2D eigenvalue weighted by Crippen LogP contribution is 2.36. The lowest BCUT2D eigenvalue weighted by Gasteiger charge is -2.36. The maximum Gasteiger partial charge on any atom is 0.247 e. The lowest BCUT2D eigenvalue weighted by atomic mass is 9.83. The Kier molecular flexibility index (Phi) is 4.76. The van der Waals surface area contributed by atoms with Crippen molar-refractivity contribution in [3.05, 3.63) is 58.9 Å². The number of hydrogen-bond donors (Lipinski definition) is 3. The van der Waals surface area contributed by atoms with Crippen LogP contribution >= 0.6 is 0 Å². The van der Waals surface area contributed by atoms with E-state index >= 15 is 0 Å². The lowest BCUT2D eigenvalue weighted by molar-refractivity contribution is -0.116. The van der Waals surface area contributed by atoms with Crippen LogP contribution in [0.4, 0.5) is 15.8 Å². The summed E-state index contributed by atoms with van der Waals surface area (Å²) in [5, 5.41) is 8.63. The topological polar surface area (TPSA) is 56.4 Å². The van der Waals surface area contributed by atoms with Gasteiger partial charge in [0.2, 0.25) is 5.91 Å². The average Bonchev–Trinajstić information content (AvgIpc) is 3.38. The second-order valence-corrected chi connectivity index (χ2v) is 8.44. The summed E-state index contributed by atoms with van der Waals surface area (Å²) in [6.07, 6.45) is 3.90. The normalized spacial score (nSPS) is 25.9. The molecule has 6 heteroatoms. The molecule has 3 atom stereocenters. The van der Waals surface area contributed by atoms with E-state index < -0.39 is 6.04 Å². The molecule has 5 nitrogen and oxygen atoms in total. The number of halogens is 1. The first-order valence-corrected chi connectivity index (χ1v) is 10.6. The quantitative estimate of drug-likeness (QED) is 0.745. The molecule has 152 valence electrons. The van der Waals surface area contributed by atoms with E-state index in [1.807, 2.05) is 19.1 Å². The molecule has 3 aliphatic rings. The summed E-state index contributed by atoms with van der Waals surface area (Å²) >= 11 is 0. The van der Waals surface area contributed by atoms with Crippen LogP contribution in [-0.2, 0) is 11.2 Å². The minimum absolute atomic E-state index is 0.120. The Hall–Kier alpha value is -2.44. The van der Waals surface area contributed by atoms with Crippen molar-refractivity contribution in [2.75, 3.05) is 23.7 Å². The molecule has 3 aliphatic heterocycles. The number of hydrazine groups is 1. The predicted molar refractivity (Wildman–Crippen MR) is 112 cm³/mol. The molecule has 1 amide bonds. The van der Waals surface area contributed by atoms with Gasteiger partial charge in [-0.15, -0.1) is 0 Å². The molecule has 3 heterocycles. The maximum atomic E-state index is 14.1. The summed E-state index contributed by atoms with van der Waals surface area (Å²) in [6, 6.07) is 11.5. The molecular weight excluding hydrogens is 367 g/mol. The first kappa shape index (κ1) is 18.6. The molecule has 0 spiro atoms. The van der Waals surface area contributed by atoms with Gasteiger partial charge < -0.3 is 10.6 Å². The standard InChI is InChI=1S/C23H27FN4O/c1-14-7-8-19(24)18-13-20(27-22(14)18)23(29)26-16-5-2-4-15(12-16)17-6-3-11-28-21(17)9-10-25-28/h2,4-5,7-8,12,17,20-21,25,27H,3,6,9-11,13H2,1H3,(H,26,29). The third-order valence-corrected chi connectivity index (χ3v) is 6.62. The third kappa shape index (κ3) is 3.40. The van der Waals surface area contributed by atoms with Crippen LogP contribution in [-0.4, -0.2) is 36.1 Å². The van der Waals surface area contributed by atoms with Crippen molar-refractivity contribution in [3.63, 3.8) is 0 Å². The predicted octanol–water partition coefficient (Wildman–Crippen LogP) is 3.57. The van der Waals surface area contributed by atoms with E-state index in [9.17, 15) is 9.18 Å². The van der Waals surface area contributed by atoms with Gasteiger partial charge in [-0.3, -0.25) is 10.2 Å². The molecule has 0 aromatic heterocycles. The Balaban J connectivity index is 1.30. The summed E-state index contributed by atoms with van der Waals surface area (Å²) in [5.41, 5.74) is 7.91. The second-order valence-electron chi connectivity index (χ2n) is 8.44. The molecule has 0 radical (unpaired) electrons. The van der Waals surface area contributed by atoms with Gasteiger partial charge in [-0.1, -0.05) is 18.2 Å². The fourth-order valence-corrected chi connectivity index (χ4v) is 5.16. The third-order valence-electron chi connectivity index (χ3n) is 6.62. The molecule has 0 bridgehead atoms. The Morgan fingerprint density at radius 1 is 1.24 bits per heavy atom. The van der Waals surface area contributed by atoms with Gasteiger partial charge in [-0.25, -0.2) is 9.40 Å². The zero-order chi connectivity index (χ0) is 20.0. The monoisotopic (exact) mass is 394 g/mol. The summed E-state index contributed by atoms with van der Waals surface area (Å²) in [4.78, 5) is 12.9. The molecule has 2 aromatic carbocycles. The van der Waals surface area contributed by atoms with Gasteiger partial charge in [-0.05, 0) is 55.5 Å². The first-order chi connectivity index (χ1) is 14.1. The van der Waals surface area contributed by atoms with Crippen molar-refractivity contribution in [1.82, 2.24) is 10.4 Å². The SMILES string of the molecule is Cc1ccc(F)c2c1NC(C(=O)Nc1cccc(C3CCCN4NCCC34)c1)C2. The van der Waals surface area contributed by atoms with Crippen molar-refractivity contribution in [1.29, 1.82) is 0 Å². The molecular formula is C23H27FN4O. The number of rotatable bonds is 3. The number of nitrogens with zero attached hydrogens (tertiary/aromatic N) is 1. The minimum atomic E-state index is -0.450. The number of hydrogen-bond acceptors (Lipinski definition) is 4. The van der Waals surface area contributed by atoms with Crippen LogP contribution in [0.5, 0.6) is 0 Å². The fourth-order valence-electron chi connectivity index (χ4n) is 5.16. The molecule has 0 saturated carbocycles. The van der Waals surface area contributed by atoms with Gasteiger partial charge in [0.25, 0.3) is 0 Å². The van der Waals surface area contributed by atoms with Crippen LogP contribution in [0.15, 0.2) is 36.4 Å². The number of fused-ring (bicyclic) bond motifs is 2. The van der Waals surface area contributed by atoms with E-state index in [2.05, 4.69) is 33.2 Å². The van der Waals surface area contributed by atoms with Crippen LogP contribution in [0, 0.1) is 12.7 Å². The lowest BCUT2D eigenvalue weighted by Crippen LogP contribution is -2.44. The molecule has 5 rings (SSSR count). The Morgan fingerprint density at radius 2 is 2.14 bits per heavy atom. The van der Waals surface area contributed by atoms with Gasteiger partial charge in [0.05, 0.1) is 0 Å². The van der Waals surface area contributed by atoms with Crippen LogP contribution in [0.25, 0.3) is 0 Å². The van der Waals surface area contributed by atoms with Crippen molar-refractivity contribution in [2.24, 2.45) is 0 Å². The zero-order valence-electron chi connectivity index (χ0n) is 16.7. The second kappa shape index (κ2) is 7.43. The number of anilines is 2. The van der Waals surface area contributed by atoms with Crippen LogP contribution in [0.3, 0.4) is 0 Å². The molecule has 0 aliphatic carbocycles. The summed E-state index contributed by atoms with van der Waals surface area (Å²) in [6.45, 7) is 4.09. The molecule has 2 saturated heterocycles. The van der Waals surface area contributed by atoms with E-state index in [0.717, 1.165) is 36.4 Å². The highest BCUT2D eigenvalue weighted by atomic mass is 19.1. The van der Waals surface area contributed by atoms with Crippen molar-refractivity contribution in [3.8, 4) is 0 Å². The maximum absolute atomic E-state index is 14.1. The molecule has 3 N–H and O–H groups in total. The molecule has 2 aromatic rings. The Labute approximate surface area is 170 Å². The van der Waals surface area contributed by atoms with E-state index in [1.165, 1.54) is 24.5 Å². The Bertz CT molecular complexity index is 915. The first-order valence-electron chi connectivity index (χ1n) is 10.6. The van der Waals surface area contributed by atoms with Crippen LogP contribution in [0.2, 0.25) is 0 Å². The van der Waals surface area contributed by atoms with Crippen LogP contribution < -0.4 is 16.1 Å². The van der Waals surface area contributed by atoms with E-state index in [-0.39, 0.29) is 11.7 Å². The highest BCUT2D eigenvalue weighted by molar-refractivity contribution is 5.98. The number of piperidine rings is 1. The number of benzene rings is 2. The number of aryl methyl sites for hydroxylation is 1. The molecule has 29 heavy (non-hydrogen) atoms.